The van der Waals surface area contributed by atoms with Gasteiger partial charge in [-0.15, -0.1) is 0 Å². The average molecular weight is 278 g/mol. The number of hydrogen-bond acceptors (Lipinski definition) is 3. The zero-order valence-electron chi connectivity index (χ0n) is 12.1. The molecule has 20 heavy (non-hydrogen) atoms. The van der Waals surface area contributed by atoms with Crippen LogP contribution in [-0.4, -0.2) is 41.5 Å². The maximum absolute atomic E-state index is 11.7. The molecule has 0 saturated heterocycles. The molecule has 0 heterocycles. The molecule has 1 aromatic rings. The van der Waals surface area contributed by atoms with Gasteiger partial charge in [0.05, 0.1) is 6.42 Å². The van der Waals surface area contributed by atoms with Crippen LogP contribution in [0.15, 0.2) is 24.3 Å². The fraction of sp³-hybridized carbons (Fsp3) is 0.467. The number of amides is 2. The van der Waals surface area contributed by atoms with Crippen LogP contribution in [0, 0.1) is 0 Å². The molecule has 5 nitrogen and oxygen atoms in total. The number of carbonyl (C=O) groups is 2. The average Bonchev–Trinajstić information content (AvgIpc) is 2.43. The summed E-state index contributed by atoms with van der Waals surface area (Å²) in [5, 5.41) is 12.3. The minimum absolute atomic E-state index is 0.0397. The van der Waals surface area contributed by atoms with Crippen LogP contribution < -0.4 is 5.32 Å². The maximum atomic E-state index is 11.7. The van der Waals surface area contributed by atoms with Crippen LogP contribution in [-0.2, 0) is 16.0 Å². The maximum Gasteiger partial charge on any atom is 0.224 e. The summed E-state index contributed by atoms with van der Waals surface area (Å²) in [6, 6.07) is 6.73. The van der Waals surface area contributed by atoms with Crippen LogP contribution in [0.2, 0.25) is 0 Å². The lowest BCUT2D eigenvalue weighted by Gasteiger charge is -2.18. The highest BCUT2D eigenvalue weighted by molar-refractivity contribution is 5.80. The lowest BCUT2D eigenvalue weighted by Crippen LogP contribution is -2.34. The van der Waals surface area contributed by atoms with Gasteiger partial charge in [0.15, 0.2) is 0 Å². The van der Waals surface area contributed by atoms with Crippen molar-refractivity contribution in [3.8, 4) is 5.75 Å². The van der Waals surface area contributed by atoms with Gasteiger partial charge in [0.1, 0.15) is 5.75 Å². The molecule has 0 bridgehead atoms. The third kappa shape index (κ3) is 4.91. The molecule has 2 amide bonds. The van der Waals surface area contributed by atoms with Crippen molar-refractivity contribution >= 4 is 11.8 Å². The third-order valence-corrected chi connectivity index (χ3v) is 3.12. The summed E-state index contributed by atoms with van der Waals surface area (Å²) >= 11 is 0. The smallest absolute Gasteiger partial charge is 0.224 e. The van der Waals surface area contributed by atoms with Crippen LogP contribution in [0.1, 0.15) is 25.8 Å². The number of rotatable bonds is 7. The fourth-order valence-corrected chi connectivity index (χ4v) is 1.94. The second-order valence-corrected chi connectivity index (χ2v) is 4.47. The largest absolute Gasteiger partial charge is 0.508 e. The molecule has 0 atom stereocenters. The highest BCUT2D eigenvalue weighted by Crippen LogP contribution is 2.15. The first-order valence-electron chi connectivity index (χ1n) is 6.89. The van der Waals surface area contributed by atoms with Crippen LogP contribution in [0.4, 0.5) is 0 Å². The SMILES string of the molecule is CCN(CC)C(=O)CCNC(=O)Cc1ccccc1O. The molecule has 5 heteroatoms. The molecule has 1 aromatic carbocycles. The normalized spacial score (nSPS) is 10.1. The highest BCUT2D eigenvalue weighted by Gasteiger charge is 2.10. The molecule has 0 aromatic heterocycles. The number of para-hydroxylation sites is 1. The first-order chi connectivity index (χ1) is 9.58. The highest BCUT2D eigenvalue weighted by atomic mass is 16.3. The van der Waals surface area contributed by atoms with Crippen molar-refractivity contribution in [2.75, 3.05) is 19.6 Å². The van der Waals surface area contributed by atoms with Gasteiger partial charge in [0.25, 0.3) is 0 Å². The molecule has 0 aliphatic carbocycles. The molecule has 0 aliphatic rings. The van der Waals surface area contributed by atoms with E-state index in [1.165, 1.54) is 0 Å². The van der Waals surface area contributed by atoms with Gasteiger partial charge >= 0.3 is 0 Å². The van der Waals surface area contributed by atoms with E-state index < -0.39 is 0 Å². The Bertz CT molecular complexity index is 456. The summed E-state index contributed by atoms with van der Waals surface area (Å²) in [6.45, 7) is 5.54. The summed E-state index contributed by atoms with van der Waals surface area (Å²) in [5.74, 6) is -0.0430. The van der Waals surface area contributed by atoms with Gasteiger partial charge in [-0.1, -0.05) is 18.2 Å². The van der Waals surface area contributed by atoms with E-state index in [1.807, 2.05) is 13.8 Å². The topological polar surface area (TPSA) is 69.6 Å². The Labute approximate surface area is 119 Å². The summed E-state index contributed by atoms with van der Waals surface area (Å²) in [5.41, 5.74) is 0.583. The Morgan fingerprint density at radius 3 is 2.45 bits per heavy atom. The lowest BCUT2D eigenvalue weighted by atomic mass is 10.1. The summed E-state index contributed by atoms with van der Waals surface area (Å²) in [4.78, 5) is 25.2. The van der Waals surface area contributed by atoms with Gasteiger partial charge < -0.3 is 15.3 Å². The molecular formula is C15H22N2O3. The molecule has 2 N–H and O–H groups in total. The van der Waals surface area contributed by atoms with Gasteiger partial charge in [-0.05, 0) is 19.9 Å². The first kappa shape index (κ1) is 16.0. The van der Waals surface area contributed by atoms with Crippen LogP contribution in [0.3, 0.4) is 0 Å². The van der Waals surface area contributed by atoms with E-state index in [0.717, 1.165) is 0 Å². The number of nitrogens with one attached hydrogen (secondary N) is 1. The van der Waals surface area contributed by atoms with Gasteiger partial charge in [-0.25, -0.2) is 0 Å². The number of benzene rings is 1. The number of nitrogens with zero attached hydrogens (tertiary/aromatic N) is 1. The van der Waals surface area contributed by atoms with E-state index >= 15 is 0 Å². The van der Waals surface area contributed by atoms with Crippen molar-refractivity contribution in [3.63, 3.8) is 0 Å². The second-order valence-electron chi connectivity index (χ2n) is 4.47. The van der Waals surface area contributed by atoms with Gasteiger partial charge in [0, 0.05) is 31.6 Å². The second kappa shape index (κ2) is 8.19. The van der Waals surface area contributed by atoms with E-state index in [0.29, 0.717) is 31.6 Å². The summed E-state index contributed by atoms with van der Waals surface area (Å²) in [7, 11) is 0. The molecule has 0 radical (unpaired) electrons. The number of phenolic OH excluding ortho intramolecular Hbond substituents is 1. The van der Waals surface area contributed by atoms with Crippen molar-refractivity contribution in [2.45, 2.75) is 26.7 Å². The quantitative estimate of drug-likeness (QED) is 0.790. The number of phenols is 1. The molecule has 0 fully saturated rings. The van der Waals surface area contributed by atoms with Gasteiger partial charge in [-0.3, -0.25) is 9.59 Å². The van der Waals surface area contributed by atoms with E-state index in [1.54, 1.807) is 29.2 Å². The van der Waals surface area contributed by atoms with Gasteiger partial charge in [-0.2, -0.15) is 0 Å². The number of hydrogen-bond donors (Lipinski definition) is 2. The molecule has 110 valence electrons. The zero-order valence-corrected chi connectivity index (χ0v) is 12.1. The van der Waals surface area contributed by atoms with Crippen LogP contribution >= 0.6 is 0 Å². The van der Waals surface area contributed by atoms with Crippen molar-refractivity contribution < 1.29 is 14.7 Å². The Morgan fingerprint density at radius 1 is 1.20 bits per heavy atom. The minimum Gasteiger partial charge on any atom is -0.508 e. The van der Waals surface area contributed by atoms with Crippen molar-refractivity contribution in [1.82, 2.24) is 10.2 Å². The van der Waals surface area contributed by atoms with E-state index in [2.05, 4.69) is 5.32 Å². The molecule has 0 unspecified atom stereocenters. The molecule has 0 spiro atoms. The van der Waals surface area contributed by atoms with E-state index in [-0.39, 0.29) is 24.0 Å². The van der Waals surface area contributed by atoms with E-state index in [9.17, 15) is 14.7 Å². The molecule has 0 saturated carbocycles. The molecule has 0 aliphatic heterocycles. The van der Waals surface area contributed by atoms with Gasteiger partial charge in [0.2, 0.25) is 11.8 Å². The van der Waals surface area contributed by atoms with Crippen molar-refractivity contribution in [2.24, 2.45) is 0 Å². The predicted octanol–water partition coefficient (Wildman–Crippen LogP) is 1.31. The Kier molecular flexibility index (Phi) is 6.56. The molecular weight excluding hydrogens is 256 g/mol. The van der Waals surface area contributed by atoms with Crippen LogP contribution in [0.25, 0.3) is 0 Å². The standard InChI is InChI=1S/C15H22N2O3/c1-3-17(4-2)15(20)9-10-16-14(19)11-12-7-5-6-8-13(12)18/h5-8,18H,3-4,9-11H2,1-2H3,(H,16,19). The predicted molar refractivity (Wildman–Crippen MR) is 77.4 cm³/mol. The number of aromatic hydroxyl groups is 1. The summed E-state index contributed by atoms with van der Waals surface area (Å²) < 4.78 is 0. The summed E-state index contributed by atoms with van der Waals surface area (Å²) in [6.07, 6.45) is 0.417. The minimum atomic E-state index is -0.196. The van der Waals surface area contributed by atoms with E-state index in [4.69, 9.17) is 0 Å². The Hall–Kier alpha value is -2.04. The zero-order chi connectivity index (χ0) is 15.0. The first-order valence-corrected chi connectivity index (χ1v) is 6.89. The Morgan fingerprint density at radius 2 is 1.85 bits per heavy atom. The van der Waals surface area contributed by atoms with Crippen LogP contribution in [0.5, 0.6) is 5.75 Å². The monoisotopic (exact) mass is 278 g/mol. The Balaban J connectivity index is 2.34. The third-order valence-electron chi connectivity index (χ3n) is 3.12. The number of carbonyl (C=O) groups excluding carboxylic acids is 2. The van der Waals surface area contributed by atoms with Crippen molar-refractivity contribution in [1.29, 1.82) is 0 Å². The fourth-order valence-electron chi connectivity index (χ4n) is 1.94. The molecule has 1 rings (SSSR count). The lowest BCUT2D eigenvalue weighted by molar-refractivity contribution is -0.130. The van der Waals surface area contributed by atoms with Crippen molar-refractivity contribution in [3.05, 3.63) is 29.8 Å².